The maximum atomic E-state index is 13.6. The number of hydrogen-bond donors (Lipinski definition) is 2. The largest absolute Gasteiger partial charge is 0.375 e. The van der Waals surface area contributed by atoms with Gasteiger partial charge in [0.2, 0.25) is 0 Å². The van der Waals surface area contributed by atoms with Gasteiger partial charge in [0, 0.05) is 31.4 Å². The molecule has 0 radical (unpaired) electrons. The highest BCUT2D eigenvalue weighted by atomic mass is 127. The summed E-state index contributed by atoms with van der Waals surface area (Å²) >= 11 is 5.85. The maximum absolute atomic E-state index is 13.6. The van der Waals surface area contributed by atoms with Crippen molar-refractivity contribution in [1.29, 1.82) is 0 Å². The first-order valence-corrected chi connectivity index (χ1v) is 11.4. The van der Waals surface area contributed by atoms with E-state index in [4.69, 9.17) is 16.3 Å². The molecular formula is C20H26ClFIN3O3S. The summed E-state index contributed by atoms with van der Waals surface area (Å²) in [6.45, 7) is 1.70. The average molecular weight is 570 g/mol. The number of ether oxygens (including phenoxy) is 1. The third-order valence-corrected chi connectivity index (χ3v) is 5.06. The SMILES string of the molecule is CN=C(NCCOCc1ccc(Cl)cc1)NCc1cc(F)ccc1CS(C)(=O)=O.I. The van der Waals surface area contributed by atoms with Crippen molar-refractivity contribution < 1.29 is 17.5 Å². The van der Waals surface area contributed by atoms with E-state index in [1.807, 2.05) is 24.3 Å². The summed E-state index contributed by atoms with van der Waals surface area (Å²) in [5, 5.41) is 6.84. The van der Waals surface area contributed by atoms with E-state index in [9.17, 15) is 12.8 Å². The van der Waals surface area contributed by atoms with Crippen molar-refractivity contribution in [3.63, 3.8) is 0 Å². The summed E-state index contributed by atoms with van der Waals surface area (Å²) in [7, 11) is -1.60. The number of sulfone groups is 1. The molecule has 2 N–H and O–H groups in total. The van der Waals surface area contributed by atoms with E-state index in [2.05, 4.69) is 15.6 Å². The lowest BCUT2D eigenvalue weighted by atomic mass is 10.1. The van der Waals surface area contributed by atoms with Gasteiger partial charge < -0.3 is 15.4 Å². The molecular weight excluding hydrogens is 544 g/mol. The van der Waals surface area contributed by atoms with Gasteiger partial charge in [0.1, 0.15) is 5.82 Å². The molecule has 6 nitrogen and oxygen atoms in total. The van der Waals surface area contributed by atoms with Crippen molar-refractivity contribution in [1.82, 2.24) is 10.6 Å². The fourth-order valence-electron chi connectivity index (χ4n) is 2.59. The van der Waals surface area contributed by atoms with Gasteiger partial charge in [-0.15, -0.1) is 24.0 Å². The van der Waals surface area contributed by atoms with Gasteiger partial charge in [-0.3, -0.25) is 4.99 Å². The molecule has 0 unspecified atom stereocenters. The van der Waals surface area contributed by atoms with Gasteiger partial charge in [-0.2, -0.15) is 0 Å². The minimum absolute atomic E-state index is 0. The Morgan fingerprint density at radius 3 is 2.47 bits per heavy atom. The molecule has 166 valence electrons. The summed E-state index contributed by atoms with van der Waals surface area (Å²) in [4.78, 5) is 4.11. The third kappa shape index (κ3) is 10.1. The summed E-state index contributed by atoms with van der Waals surface area (Å²) < 4.78 is 42.4. The third-order valence-electron chi connectivity index (χ3n) is 3.98. The van der Waals surface area contributed by atoms with E-state index < -0.39 is 15.7 Å². The highest BCUT2D eigenvalue weighted by Crippen LogP contribution is 2.14. The molecule has 0 aliphatic heterocycles. The summed E-state index contributed by atoms with van der Waals surface area (Å²) in [6, 6.07) is 11.5. The molecule has 0 bridgehead atoms. The van der Waals surface area contributed by atoms with E-state index in [1.165, 1.54) is 18.2 Å². The Hall–Kier alpha value is -1.43. The lowest BCUT2D eigenvalue weighted by molar-refractivity contribution is 0.125. The van der Waals surface area contributed by atoms with Crippen LogP contribution in [0.5, 0.6) is 0 Å². The smallest absolute Gasteiger partial charge is 0.191 e. The second-order valence-electron chi connectivity index (χ2n) is 6.51. The summed E-state index contributed by atoms with van der Waals surface area (Å²) in [6.07, 6.45) is 1.15. The van der Waals surface area contributed by atoms with Gasteiger partial charge in [0.15, 0.2) is 15.8 Å². The summed E-state index contributed by atoms with van der Waals surface area (Å²) in [5.74, 6) is -0.0539. The monoisotopic (exact) mass is 569 g/mol. The molecule has 0 amide bonds. The fourth-order valence-corrected chi connectivity index (χ4v) is 3.57. The van der Waals surface area contributed by atoms with Crippen LogP contribution in [0, 0.1) is 5.82 Å². The first-order valence-electron chi connectivity index (χ1n) is 8.98. The predicted molar refractivity (Wildman–Crippen MR) is 130 cm³/mol. The fraction of sp³-hybridized carbons (Fsp3) is 0.350. The summed E-state index contributed by atoms with van der Waals surface area (Å²) in [5.41, 5.74) is 2.15. The Bertz CT molecular complexity index is 941. The number of halogens is 3. The number of hydrogen-bond acceptors (Lipinski definition) is 4. The Morgan fingerprint density at radius 2 is 1.83 bits per heavy atom. The van der Waals surface area contributed by atoms with Crippen LogP contribution < -0.4 is 10.6 Å². The van der Waals surface area contributed by atoms with Gasteiger partial charge in [0.25, 0.3) is 0 Å². The van der Waals surface area contributed by atoms with Crippen molar-refractivity contribution in [2.75, 3.05) is 26.5 Å². The Labute approximate surface area is 199 Å². The molecule has 2 aromatic rings. The molecule has 2 aromatic carbocycles. The van der Waals surface area contributed by atoms with Crippen LogP contribution in [0.1, 0.15) is 16.7 Å². The number of aliphatic imine (C=N–C) groups is 1. The van der Waals surface area contributed by atoms with E-state index in [-0.39, 0.29) is 36.3 Å². The molecule has 0 heterocycles. The molecule has 0 atom stereocenters. The van der Waals surface area contributed by atoms with Crippen LogP contribution in [0.4, 0.5) is 4.39 Å². The van der Waals surface area contributed by atoms with Crippen molar-refractivity contribution >= 4 is 51.4 Å². The number of nitrogens with zero attached hydrogens (tertiary/aromatic N) is 1. The highest BCUT2D eigenvalue weighted by Gasteiger charge is 2.11. The van der Waals surface area contributed by atoms with Gasteiger partial charge in [-0.25, -0.2) is 12.8 Å². The standard InChI is InChI=1S/C20H25ClFN3O3S.HI/c1-23-20(24-9-10-28-13-15-3-6-18(21)7-4-15)25-12-17-11-19(22)8-5-16(17)14-29(2,26)27;/h3-8,11H,9-10,12-14H2,1-2H3,(H2,23,24,25);1H. The van der Waals surface area contributed by atoms with Gasteiger partial charge in [0.05, 0.1) is 19.0 Å². The van der Waals surface area contributed by atoms with Crippen LogP contribution in [-0.4, -0.2) is 40.8 Å². The van der Waals surface area contributed by atoms with Crippen molar-refractivity contribution in [2.24, 2.45) is 4.99 Å². The van der Waals surface area contributed by atoms with E-state index in [0.29, 0.717) is 41.9 Å². The van der Waals surface area contributed by atoms with E-state index >= 15 is 0 Å². The lowest BCUT2D eigenvalue weighted by Gasteiger charge is -2.14. The average Bonchev–Trinajstić information content (AvgIpc) is 2.66. The van der Waals surface area contributed by atoms with Crippen molar-refractivity contribution in [3.05, 3.63) is 70.0 Å². The van der Waals surface area contributed by atoms with Crippen molar-refractivity contribution in [3.8, 4) is 0 Å². The van der Waals surface area contributed by atoms with Crippen LogP contribution in [0.3, 0.4) is 0 Å². The van der Waals surface area contributed by atoms with Crippen molar-refractivity contribution in [2.45, 2.75) is 18.9 Å². The van der Waals surface area contributed by atoms with Crippen LogP contribution in [-0.2, 0) is 33.5 Å². The zero-order chi connectivity index (χ0) is 21.3. The second kappa shape index (κ2) is 13.1. The van der Waals surface area contributed by atoms with Crippen LogP contribution >= 0.6 is 35.6 Å². The first kappa shape index (κ1) is 26.6. The molecule has 0 aliphatic carbocycles. The molecule has 0 saturated carbocycles. The molecule has 0 aliphatic rings. The van der Waals surface area contributed by atoms with Gasteiger partial charge in [-0.05, 0) is 41.0 Å². The Kier molecular flexibility index (Phi) is 11.6. The Balaban J connectivity index is 0.00000450. The lowest BCUT2D eigenvalue weighted by Crippen LogP contribution is -2.38. The normalized spacial score (nSPS) is 11.7. The van der Waals surface area contributed by atoms with Gasteiger partial charge >= 0.3 is 0 Å². The molecule has 2 rings (SSSR count). The van der Waals surface area contributed by atoms with Crippen LogP contribution in [0.15, 0.2) is 47.5 Å². The molecule has 10 heteroatoms. The van der Waals surface area contributed by atoms with E-state index in [0.717, 1.165) is 11.8 Å². The highest BCUT2D eigenvalue weighted by molar-refractivity contribution is 14.0. The zero-order valence-electron chi connectivity index (χ0n) is 16.8. The molecule has 0 fully saturated rings. The molecule has 30 heavy (non-hydrogen) atoms. The number of nitrogens with one attached hydrogen (secondary N) is 2. The van der Waals surface area contributed by atoms with E-state index in [1.54, 1.807) is 7.05 Å². The molecule has 0 saturated heterocycles. The van der Waals surface area contributed by atoms with Gasteiger partial charge in [-0.1, -0.05) is 29.8 Å². The predicted octanol–water partition coefficient (Wildman–Crippen LogP) is 3.52. The number of benzene rings is 2. The minimum Gasteiger partial charge on any atom is -0.375 e. The molecule has 0 aromatic heterocycles. The zero-order valence-corrected chi connectivity index (χ0v) is 20.7. The topological polar surface area (TPSA) is 79.8 Å². The minimum atomic E-state index is -3.22. The maximum Gasteiger partial charge on any atom is 0.191 e. The first-order chi connectivity index (χ1) is 13.8. The Morgan fingerprint density at radius 1 is 1.13 bits per heavy atom. The number of guanidine groups is 1. The molecule has 0 spiro atoms. The quantitative estimate of drug-likeness (QED) is 0.209. The van der Waals surface area contributed by atoms with Crippen LogP contribution in [0.2, 0.25) is 5.02 Å². The van der Waals surface area contributed by atoms with Crippen LogP contribution in [0.25, 0.3) is 0 Å². The second-order valence-corrected chi connectivity index (χ2v) is 9.09. The number of rotatable bonds is 9.